The second-order valence-corrected chi connectivity index (χ2v) is 2.48. The SMILES string of the molecule is Br.NC(=O)c1cc2ncccc2[nH]1. The maximum Gasteiger partial charge on any atom is 0.265 e. The number of nitrogens with one attached hydrogen (secondary N) is 1. The Bertz CT molecular complexity index is 405. The van der Waals surface area contributed by atoms with Crippen molar-refractivity contribution in [1.29, 1.82) is 0 Å². The van der Waals surface area contributed by atoms with Crippen LogP contribution in [-0.2, 0) is 0 Å². The first-order valence-electron chi connectivity index (χ1n) is 3.51. The highest BCUT2D eigenvalue weighted by Crippen LogP contribution is 2.10. The van der Waals surface area contributed by atoms with E-state index in [1.165, 1.54) is 0 Å². The molecule has 2 aromatic rings. The van der Waals surface area contributed by atoms with Crippen molar-refractivity contribution in [2.75, 3.05) is 0 Å². The Balaban J connectivity index is 0.000000845. The average molecular weight is 242 g/mol. The maximum atomic E-state index is 10.7. The summed E-state index contributed by atoms with van der Waals surface area (Å²) < 4.78 is 0. The van der Waals surface area contributed by atoms with Crippen LogP contribution in [0.4, 0.5) is 0 Å². The van der Waals surface area contributed by atoms with Crippen LogP contribution in [0.2, 0.25) is 0 Å². The smallest absolute Gasteiger partial charge is 0.265 e. The number of amides is 1. The number of primary amides is 1. The van der Waals surface area contributed by atoms with Gasteiger partial charge in [-0.3, -0.25) is 9.78 Å². The van der Waals surface area contributed by atoms with E-state index in [0.717, 1.165) is 11.0 Å². The van der Waals surface area contributed by atoms with Crippen LogP contribution < -0.4 is 5.73 Å². The van der Waals surface area contributed by atoms with Crippen LogP contribution in [0, 0.1) is 0 Å². The molecule has 0 bridgehead atoms. The maximum absolute atomic E-state index is 10.7. The highest BCUT2D eigenvalue weighted by molar-refractivity contribution is 8.93. The minimum atomic E-state index is -0.465. The molecule has 13 heavy (non-hydrogen) atoms. The van der Waals surface area contributed by atoms with E-state index in [2.05, 4.69) is 9.97 Å². The summed E-state index contributed by atoms with van der Waals surface area (Å²) in [4.78, 5) is 17.6. The van der Waals surface area contributed by atoms with Crippen molar-refractivity contribution in [1.82, 2.24) is 9.97 Å². The third kappa shape index (κ3) is 1.70. The van der Waals surface area contributed by atoms with Crippen LogP contribution in [0.5, 0.6) is 0 Å². The number of carbonyl (C=O) groups is 1. The predicted molar refractivity (Wildman–Crippen MR) is 54.9 cm³/mol. The van der Waals surface area contributed by atoms with Gasteiger partial charge in [-0.05, 0) is 18.2 Å². The monoisotopic (exact) mass is 241 g/mol. The molecule has 0 fully saturated rings. The molecule has 0 aliphatic heterocycles. The van der Waals surface area contributed by atoms with Gasteiger partial charge in [0.25, 0.3) is 5.91 Å². The number of aromatic nitrogens is 2. The number of H-pyrrole nitrogens is 1. The van der Waals surface area contributed by atoms with E-state index >= 15 is 0 Å². The van der Waals surface area contributed by atoms with Crippen molar-refractivity contribution in [2.45, 2.75) is 0 Å². The molecular weight excluding hydrogens is 234 g/mol. The lowest BCUT2D eigenvalue weighted by Gasteiger charge is -1.84. The Kier molecular flexibility index (Phi) is 2.67. The van der Waals surface area contributed by atoms with Crippen molar-refractivity contribution >= 4 is 33.9 Å². The molecule has 5 heteroatoms. The van der Waals surface area contributed by atoms with Crippen molar-refractivity contribution in [3.63, 3.8) is 0 Å². The molecule has 3 N–H and O–H groups in total. The van der Waals surface area contributed by atoms with Gasteiger partial charge in [-0.15, -0.1) is 17.0 Å². The molecule has 0 spiro atoms. The molecule has 2 heterocycles. The van der Waals surface area contributed by atoms with Crippen molar-refractivity contribution < 1.29 is 4.79 Å². The first-order chi connectivity index (χ1) is 5.77. The van der Waals surface area contributed by atoms with E-state index in [0.29, 0.717) is 5.69 Å². The van der Waals surface area contributed by atoms with E-state index in [1.54, 1.807) is 18.3 Å². The average Bonchev–Trinajstić information content (AvgIpc) is 2.46. The van der Waals surface area contributed by atoms with Crippen molar-refractivity contribution in [3.8, 4) is 0 Å². The normalized spacial score (nSPS) is 9.54. The summed E-state index contributed by atoms with van der Waals surface area (Å²) in [6.07, 6.45) is 1.67. The van der Waals surface area contributed by atoms with Gasteiger partial charge in [-0.2, -0.15) is 0 Å². The number of nitrogens with zero attached hydrogens (tertiary/aromatic N) is 1. The minimum Gasteiger partial charge on any atom is -0.364 e. The van der Waals surface area contributed by atoms with Gasteiger partial charge in [-0.25, -0.2) is 0 Å². The third-order valence-electron chi connectivity index (χ3n) is 1.65. The Labute approximate surface area is 84.9 Å². The largest absolute Gasteiger partial charge is 0.364 e. The Hall–Kier alpha value is -1.36. The van der Waals surface area contributed by atoms with E-state index in [-0.39, 0.29) is 17.0 Å². The molecular formula is C8H8BrN3O. The van der Waals surface area contributed by atoms with Crippen LogP contribution in [-0.4, -0.2) is 15.9 Å². The zero-order valence-corrected chi connectivity index (χ0v) is 8.36. The predicted octanol–water partition coefficient (Wildman–Crippen LogP) is 1.24. The molecule has 0 saturated heterocycles. The molecule has 2 rings (SSSR count). The minimum absolute atomic E-state index is 0. The fourth-order valence-corrected chi connectivity index (χ4v) is 1.09. The van der Waals surface area contributed by atoms with Crippen LogP contribution in [0.25, 0.3) is 11.0 Å². The second-order valence-electron chi connectivity index (χ2n) is 2.48. The summed E-state index contributed by atoms with van der Waals surface area (Å²) in [7, 11) is 0. The molecule has 0 saturated carbocycles. The Morgan fingerprint density at radius 3 is 2.92 bits per heavy atom. The molecule has 0 atom stereocenters. The number of carbonyl (C=O) groups excluding carboxylic acids is 1. The number of rotatable bonds is 1. The summed E-state index contributed by atoms with van der Waals surface area (Å²) in [5, 5.41) is 0. The first-order valence-corrected chi connectivity index (χ1v) is 3.51. The van der Waals surface area contributed by atoms with Gasteiger partial charge in [0.2, 0.25) is 0 Å². The molecule has 4 nitrogen and oxygen atoms in total. The molecule has 0 unspecified atom stereocenters. The summed E-state index contributed by atoms with van der Waals surface area (Å²) >= 11 is 0. The Morgan fingerprint density at radius 2 is 2.31 bits per heavy atom. The highest BCUT2D eigenvalue weighted by Gasteiger charge is 2.04. The zero-order valence-electron chi connectivity index (χ0n) is 6.65. The lowest BCUT2D eigenvalue weighted by molar-refractivity contribution is 0.0996. The topological polar surface area (TPSA) is 71.8 Å². The van der Waals surface area contributed by atoms with E-state index < -0.39 is 5.91 Å². The standard InChI is InChI=1S/C8H7N3O.BrH/c9-8(12)7-4-6-5(11-7)2-1-3-10-6;/h1-4,11H,(H2,9,12);1H. The second kappa shape index (κ2) is 3.57. The molecule has 2 aromatic heterocycles. The van der Waals surface area contributed by atoms with Crippen LogP contribution in [0.1, 0.15) is 10.5 Å². The van der Waals surface area contributed by atoms with Crippen LogP contribution in [0.15, 0.2) is 24.4 Å². The third-order valence-corrected chi connectivity index (χ3v) is 1.65. The van der Waals surface area contributed by atoms with Gasteiger partial charge < -0.3 is 10.7 Å². The summed E-state index contributed by atoms with van der Waals surface area (Å²) in [5.41, 5.74) is 7.05. The van der Waals surface area contributed by atoms with Gasteiger partial charge in [-0.1, -0.05) is 0 Å². The van der Waals surface area contributed by atoms with Gasteiger partial charge in [0.1, 0.15) is 5.69 Å². The summed E-state index contributed by atoms with van der Waals surface area (Å²) in [6.45, 7) is 0. The lowest BCUT2D eigenvalue weighted by Crippen LogP contribution is -2.10. The number of fused-ring (bicyclic) bond motifs is 1. The molecule has 0 aromatic carbocycles. The fraction of sp³-hybridized carbons (Fsp3) is 0. The number of aromatic amines is 1. The highest BCUT2D eigenvalue weighted by atomic mass is 79.9. The number of pyridine rings is 1. The molecule has 1 amide bonds. The molecule has 68 valence electrons. The molecule has 0 aliphatic carbocycles. The van der Waals surface area contributed by atoms with E-state index in [1.807, 2.05) is 6.07 Å². The molecule has 0 radical (unpaired) electrons. The Morgan fingerprint density at radius 1 is 1.54 bits per heavy atom. The zero-order chi connectivity index (χ0) is 8.55. The van der Waals surface area contributed by atoms with Crippen LogP contribution >= 0.6 is 17.0 Å². The lowest BCUT2D eigenvalue weighted by atomic mass is 10.4. The van der Waals surface area contributed by atoms with Gasteiger partial charge in [0.15, 0.2) is 0 Å². The van der Waals surface area contributed by atoms with E-state index in [9.17, 15) is 4.79 Å². The number of hydrogen-bond acceptors (Lipinski definition) is 2. The molecule has 0 aliphatic rings. The van der Waals surface area contributed by atoms with E-state index in [4.69, 9.17) is 5.73 Å². The van der Waals surface area contributed by atoms with Crippen molar-refractivity contribution in [2.24, 2.45) is 5.73 Å². The summed E-state index contributed by atoms with van der Waals surface area (Å²) in [5.74, 6) is -0.465. The quantitative estimate of drug-likeness (QED) is 0.789. The van der Waals surface area contributed by atoms with Gasteiger partial charge in [0.05, 0.1) is 11.0 Å². The fourth-order valence-electron chi connectivity index (χ4n) is 1.09. The van der Waals surface area contributed by atoms with Crippen molar-refractivity contribution in [3.05, 3.63) is 30.1 Å². The first kappa shape index (κ1) is 9.73. The number of nitrogens with two attached hydrogens (primary N) is 1. The summed E-state index contributed by atoms with van der Waals surface area (Å²) in [6, 6.07) is 5.27. The van der Waals surface area contributed by atoms with Gasteiger partial charge in [0, 0.05) is 6.20 Å². The van der Waals surface area contributed by atoms with Crippen LogP contribution in [0.3, 0.4) is 0 Å². The number of hydrogen-bond donors (Lipinski definition) is 2. The number of halogens is 1. The van der Waals surface area contributed by atoms with Gasteiger partial charge >= 0.3 is 0 Å².